The molecule has 1 amide bonds. The largest absolute Gasteiger partial charge is 0.378 e. The zero-order valence-corrected chi connectivity index (χ0v) is 15.1. The number of anilines is 1. The monoisotopic (exact) mass is 358 g/mol. The number of aromatic nitrogens is 4. The highest BCUT2D eigenvalue weighted by atomic mass is 16.5. The average molecular weight is 358 g/mol. The fourth-order valence-corrected chi connectivity index (χ4v) is 3.86. The summed E-state index contributed by atoms with van der Waals surface area (Å²) in [6.45, 7) is 3.20. The van der Waals surface area contributed by atoms with Crippen molar-refractivity contribution in [1.29, 1.82) is 0 Å². The molecule has 2 fully saturated rings. The molecule has 1 saturated heterocycles. The summed E-state index contributed by atoms with van der Waals surface area (Å²) in [7, 11) is 0. The Morgan fingerprint density at radius 1 is 1.15 bits per heavy atom. The molecule has 0 radical (unpaired) electrons. The van der Waals surface area contributed by atoms with E-state index in [1.807, 2.05) is 0 Å². The fourth-order valence-electron chi connectivity index (χ4n) is 3.86. The van der Waals surface area contributed by atoms with Gasteiger partial charge >= 0.3 is 0 Å². The number of morpholine rings is 1. The van der Waals surface area contributed by atoms with Gasteiger partial charge in [-0.1, -0.05) is 25.7 Å². The normalized spacial score (nSPS) is 19.5. The molecule has 0 aromatic carbocycles. The maximum absolute atomic E-state index is 12.5. The maximum Gasteiger partial charge on any atom is 0.242 e. The summed E-state index contributed by atoms with van der Waals surface area (Å²) in [4.78, 5) is 23.5. The summed E-state index contributed by atoms with van der Waals surface area (Å²) < 4.78 is 7.09. The number of fused-ring (bicyclic) bond motifs is 1. The molecule has 140 valence electrons. The van der Waals surface area contributed by atoms with Gasteiger partial charge in [-0.2, -0.15) is 5.10 Å². The molecule has 4 rings (SSSR count). The lowest BCUT2D eigenvalue weighted by Crippen LogP contribution is -2.37. The van der Waals surface area contributed by atoms with E-state index < -0.39 is 0 Å². The zero-order valence-electron chi connectivity index (χ0n) is 15.1. The molecule has 1 saturated carbocycles. The molecule has 1 aliphatic heterocycles. The van der Waals surface area contributed by atoms with E-state index in [0.29, 0.717) is 24.9 Å². The van der Waals surface area contributed by atoms with E-state index in [0.717, 1.165) is 37.1 Å². The molecule has 1 N–H and O–H groups in total. The van der Waals surface area contributed by atoms with Crippen molar-refractivity contribution in [2.45, 2.75) is 51.1 Å². The third-order valence-electron chi connectivity index (χ3n) is 5.24. The summed E-state index contributed by atoms with van der Waals surface area (Å²) in [5.74, 6) is 0.877. The van der Waals surface area contributed by atoms with Crippen LogP contribution in [0, 0.1) is 0 Å². The van der Waals surface area contributed by atoms with Crippen molar-refractivity contribution in [3.8, 4) is 0 Å². The van der Waals surface area contributed by atoms with Crippen LogP contribution < -0.4 is 10.2 Å². The Labute approximate surface area is 152 Å². The number of nitrogens with zero attached hydrogens (tertiary/aromatic N) is 5. The quantitative estimate of drug-likeness (QED) is 0.834. The Morgan fingerprint density at radius 2 is 1.92 bits per heavy atom. The van der Waals surface area contributed by atoms with Gasteiger partial charge in [0.1, 0.15) is 18.7 Å². The van der Waals surface area contributed by atoms with Crippen LogP contribution in [0.1, 0.15) is 38.5 Å². The molecule has 0 atom stereocenters. The van der Waals surface area contributed by atoms with Crippen molar-refractivity contribution in [3.05, 3.63) is 12.5 Å². The minimum absolute atomic E-state index is 0.00781. The minimum atomic E-state index is 0.00781. The van der Waals surface area contributed by atoms with Gasteiger partial charge in [-0.05, 0) is 12.8 Å². The van der Waals surface area contributed by atoms with E-state index in [2.05, 4.69) is 25.3 Å². The van der Waals surface area contributed by atoms with Gasteiger partial charge in [0.2, 0.25) is 5.91 Å². The number of hydrogen-bond acceptors (Lipinski definition) is 6. The molecular weight excluding hydrogens is 332 g/mol. The van der Waals surface area contributed by atoms with Crippen molar-refractivity contribution in [1.82, 2.24) is 25.1 Å². The van der Waals surface area contributed by atoms with Gasteiger partial charge in [0, 0.05) is 19.1 Å². The number of nitrogens with one attached hydrogen (secondary N) is 1. The Morgan fingerprint density at radius 3 is 2.69 bits per heavy atom. The number of rotatable bonds is 4. The van der Waals surface area contributed by atoms with Gasteiger partial charge in [0.15, 0.2) is 5.65 Å². The van der Waals surface area contributed by atoms with Crippen molar-refractivity contribution >= 4 is 22.8 Å². The second-order valence-corrected chi connectivity index (χ2v) is 7.09. The molecule has 0 bridgehead atoms. The first-order valence-corrected chi connectivity index (χ1v) is 9.60. The van der Waals surface area contributed by atoms with E-state index in [4.69, 9.17) is 4.74 Å². The highest BCUT2D eigenvalue weighted by Gasteiger charge is 2.20. The summed E-state index contributed by atoms with van der Waals surface area (Å²) in [5, 5.41) is 8.45. The van der Waals surface area contributed by atoms with Crippen LogP contribution in [-0.2, 0) is 16.1 Å². The van der Waals surface area contributed by atoms with E-state index in [9.17, 15) is 4.79 Å². The summed E-state index contributed by atoms with van der Waals surface area (Å²) >= 11 is 0. The standard InChI is InChI=1S/C18H26N6O2/c25-16(22-14-5-3-1-2-4-6-14)12-24-18-15(11-21-24)17(19-13-20-18)23-7-9-26-10-8-23/h11,13-14H,1-10,12H2,(H,22,25). The fraction of sp³-hybridized carbons (Fsp3) is 0.667. The molecule has 0 spiro atoms. The molecule has 3 heterocycles. The number of amides is 1. The van der Waals surface area contributed by atoms with Gasteiger partial charge in [-0.3, -0.25) is 4.79 Å². The van der Waals surface area contributed by atoms with Gasteiger partial charge < -0.3 is 15.0 Å². The lowest BCUT2D eigenvalue weighted by Gasteiger charge is -2.27. The second kappa shape index (κ2) is 7.99. The number of carbonyl (C=O) groups is 1. The van der Waals surface area contributed by atoms with E-state index in [-0.39, 0.29) is 12.5 Å². The molecule has 1 aliphatic carbocycles. The Hall–Kier alpha value is -2.22. The first-order valence-electron chi connectivity index (χ1n) is 9.60. The van der Waals surface area contributed by atoms with Gasteiger partial charge in [0.25, 0.3) is 0 Å². The average Bonchev–Trinajstić information content (AvgIpc) is 2.90. The van der Waals surface area contributed by atoms with Crippen LogP contribution in [0.25, 0.3) is 11.0 Å². The van der Waals surface area contributed by atoms with Crippen molar-refractivity contribution in [2.75, 3.05) is 31.2 Å². The highest BCUT2D eigenvalue weighted by Crippen LogP contribution is 2.23. The Kier molecular flexibility index (Phi) is 5.29. The van der Waals surface area contributed by atoms with Crippen LogP contribution >= 0.6 is 0 Å². The number of carbonyl (C=O) groups excluding carboxylic acids is 1. The molecule has 26 heavy (non-hydrogen) atoms. The van der Waals surface area contributed by atoms with Gasteiger partial charge in [0.05, 0.1) is 24.8 Å². The first-order chi connectivity index (χ1) is 12.8. The van der Waals surface area contributed by atoms with Crippen LogP contribution in [0.2, 0.25) is 0 Å². The van der Waals surface area contributed by atoms with E-state index in [1.165, 1.54) is 25.7 Å². The van der Waals surface area contributed by atoms with Gasteiger partial charge in [-0.25, -0.2) is 14.6 Å². The minimum Gasteiger partial charge on any atom is -0.378 e. The Bertz CT molecular complexity index is 747. The maximum atomic E-state index is 12.5. The van der Waals surface area contributed by atoms with Gasteiger partial charge in [-0.15, -0.1) is 0 Å². The lowest BCUT2D eigenvalue weighted by atomic mass is 10.1. The predicted octanol–water partition coefficient (Wildman–Crippen LogP) is 1.50. The summed E-state index contributed by atoms with van der Waals surface area (Å²) in [6.07, 6.45) is 10.4. The first kappa shape index (κ1) is 17.2. The molecule has 2 aliphatic rings. The van der Waals surface area contributed by atoms with Crippen molar-refractivity contribution < 1.29 is 9.53 Å². The third-order valence-corrected chi connectivity index (χ3v) is 5.24. The third kappa shape index (κ3) is 3.80. The smallest absolute Gasteiger partial charge is 0.242 e. The molecule has 8 heteroatoms. The molecule has 2 aromatic rings. The molecule has 0 unspecified atom stereocenters. The summed E-state index contributed by atoms with van der Waals surface area (Å²) in [5.41, 5.74) is 0.706. The van der Waals surface area contributed by atoms with E-state index in [1.54, 1.807) is 17.2 Å². The van der Waals surface area contributed by atoms with E-state index >= 15 is 0 Å². The zero-order chi connectivity index (χ0) is 17.8. The van der Waals surface area contributed by atoms with Crippen molar-refractivity contribution in [2.24, 2.45) is 0 Å². The molecule has 8 nitrogen and oxygen atoms in total. The van der Waals surface area contributed by atoms with Crippen LogP contribution in [-0.4, -0.2) is 58.0 Å². The van der Waals surface area contributed by atoms with Crippen LogP contribution in [0.15, 0.2) is 12.5 Å². The predicted molar refractivity (Wildman–Crippen MR) is 98.0 cm³/mol. The Balaban J connectivity index is 1.47. The molecular formula is C18H26N6O2. The highest BCUT2D eigenvalue weighted by molar-refractivity contribution is 5.88. The van der Waals surface area contributed by atoms with Crippen LogP contribution in [0.5, 0.6) is 0 Å². The number of hydrogen-bond donors (Lipinski definition) is 1. The topological polar surface area (TPSA) is 85.2 Å². The lowest BCUT2D eigenvalue weighted by molar-refractivity contribution is -0.122. The number of ether oxygens (including phenoxy) is 1. The van der Waals surface area contributed by atoms with Crippen LogP contribution in [0.3, 0.4) is 0 Å². The van der Waals surface area contributed by atoms with Crippen molar-refractivity contribution in [3.63, 3.8) is 0 Å². The molecule has 2 aromatic heterocycles. The van der Waals surface area contributed by atoms with Crippen LogP contribution in [0.4, 0.5) is 5.82 Å². The summed E-state index contributed by atoms with van der Waals surface area (Å²) in [6, 6.07) is 0.297. The SMILES string of the molecule is O=C(Cn1ncc2c(N3CCOCC3)ncnc21)NC1CCCCCC1. The second-order valence-electron chi connectivity index (χ2n) is 7.09.